The molecule has 152 valence electrons. The molecule has 2 aliphatic carbocycles. The molecule has 2 saturated carbocycles. The molecule has 3 aliphatic rings. The van der Waals surface area contributed by atoms with Gasteiger partial charge >= 0.3 is 0 Å². The Morgan fingerprint density at radius 1 is 1.00 bits per heavy atom. The molecule has 0 aromatic heterocycles. The Morgan fingerprint density at radius 2 is 1.61 bits per heavy atom. The van der Waals surface area contributed by atoms with Crippen LogP contribution < -0.4 is 5.73 Å². The molecule has 1 aromatic carbocycles. The van der Waals surface area contributed by atoms with Crippen molar-refractivity contribution in [2.75, 3.05) is 20.1 Å². The van der Waals surface area contributed by atoms with Crippen LogP contribution in [0.15, 0.2) is 30.3 Å². The molecule has 0 spiro atoms. The molecule has 2 bridgehead atoms. The van der Waals surface area contributed by atoms with Gasteiger partial charge in [-0.2, -0.15) is 0 Å². The number of carbonyl (C=O) groups is 2. The average molecular weight is 384 g/mol. The van der Waals surface area contributed by atoms with E-state index in [0.717, 1.165) is 44.3 Å². The molecular weight excluding hydrogens is 350 g/mol. The monoisotopic (exact) mass is 383 g/mol. The highest BCUT2D eigenvalue weighted by Crippen LogP contribution is 2.42. The fourth-order valence-electron chi connectivity index (χ4n) is 5.68. The van der Waals surface area contributed by atoms with E-state index in [0.29, 0.717) is 23.8 Å². The van der Waals surface area contributed by atoms with E-state index in [9.17, 15) is 9.59 Å². The molecular formula is C23H33N3O2. The number of hydrogen-bond acceptors (Lipinski definition) is 3. The minimum Gasteiger partial charge on any atom is -0.342 e. The van der Waals surface area contributed by atoms with Crippen molar-refractivity contribution in [2.45, 2.75) is 57.0 Å². The van der Waals surface area contributed by atoms with Crippen molar-refractivity contribution in [3.63, 3.8) is 0 Å². The lowest BCUT2D eigenvalue weighted by Crippen LogP contribution is -2.52. The van der Waals surface area contributed by atoms with Crippen molar-refractivity contribution in [2.24, 2.45) is 23.5 Å². The molecule has 2 N–H and O–H groups in total. The molecule has 1 heterocycles. The fraction of sp³-hybridized carbons (Fsp3) is 0.652. The van der Waals surface area contributed by atoms with Crippen LogP contribution in [-0.2, 0) is 4.79 Å². The number of rotatable bonds is 3. The predicted octanol–water partition coefficient (Wildman–Crippen LogP) is 2.90. The molecule has 28 heavy (non-hydrogen) atoms. The van der Waals surface area contributed by atoms with Crippen LogP contribution in [0, 0.1) is 17.8 Å². The molecule has 1 aliphatic heterocycles. The van der Waals surface area contributed by atoms with Gasteiger partial charge in [0.1, 0.15) is 0 Å². The first kappa shape index (κ1) is 19.4. The summed E-state index contributed by atoms with van der Waals surface area (Å²) in [5.74, 6) is 1.60. The topological polar surface area (TPSA) is 66.6 Å². The first-order chi connectivity index (χ1) is 13.5. The van der Waals surface area contributed by atoms with Crippen LogP contribution in [0.3, 0.4) is 0 Å². The summed E-state index contributed by atoms with van der Waals surface area (Å²) >= 11 is 0. The minimum absolute atomic E-state index is 0.0992. The lowest BCUT2D eigenvalue weighted by atomic mass is 9.65. The van der Waals surface area contributed by atoms with E-state index in [4.69, 9.17) is 5.73 Å². The minimum atomic E-state index is 0.0992. The van der Waals surface area contributed by atoms with Gasteiger partial charge in [0.15, 0.2) is 0 Å². The Morgan fingerprint density at radius 3 is 2.21 bits per heavy atom. The Bertz CT molecular complexity index is 685. The first-order valence-corrected chi connectivity index (χ1v) is 10.9. The van der Waals surface area contributed by atoms with E-state index >= 15 is 0 Å². The van der Waals surface area contributed by atoms with Crippen molar-refractivity contribution >= 4 is 11.8 Å². The predicted molar refractivity (Wildman–Crippen MR) is 110 cm³/mol. The summed E-state index contributed by atoms with van der Waals surface area (Å²) in [6.07, 6.45) is 7.29. The highest BCUT2D eigenvalue weighted by Gasteiger charge is 2.42. The summed E-state index contributed by atoms with van der Waals surface area (Å²) < 4.78 is 0. The van der Waals surface area contributed by atoms with Gasteiger partial charge in [0, 0.05) is 43.7 Å². The number of nitrogens with zero attached hydrogens (tertiary/aromatic N) is 2. The number of carbonyl (C=O) groups excluding carboxylic acids is 2. The zero-order valence-electron chi connectivity index (χ0n) is 16.9. The summed E-state index contributed by atoms with van der Waals surface area (Å²) in [5.41, 5.74) is 7.14. The number of piperidine rings is 1. The molecule has 2 atom stereocenters. The summed E-state index contributed by atoms with van der Waals surface area (Å²) in [5, 5.41) is 0. The highest BCUT2D eigenvalue weighted by atomic mass is 16.2. The van der Waals surface area contributed by atoms with Gasteiger partial charge in [-0.25, -0.2) is 0 Å². The van der Waals surface area contributed by atoms with Crippen LogP contribution in [0.5, 0.6) is 0 Å². The maximum Gasteiger partial charge on any atom is 0.253 e. The molecule has 2 unspecified atom stereocenters. The highest BCUT2D eigenvalue weighted by molar-refractivity contribution is 5.94. The third kappa shape index (κ3) is 3.82. The smallest absolute Gasteiger partial charge is 0.253 e. The second-order valence-corrected chi connectivity index (χ2v) is 9.04. The molecule has 5 nitrogen and oxygen atoms in total. The normalized spacial score (nSPS) is 30.7. The van der Waals surface area contributed by atoms with E-state index in [2.05, 4.69) is 0 Å². The third-order valence-corrected chi connectivity index (χ3v) is 7.43. The van der Waals surface area contributed by atoms with Gasteiger partial charge in [-0.1, -0.05) is 24.6 Å². The van der Waals surface area contributed by atoms with Gasteiger partial charge in [-0.05, 0) is 62.5 Å². The van der Waals surface area contributed by atoms with E-state index in [1.807, 2.05) is 47.2 Å². The van der Waals surface area contributed by atoms with E-state index in [1.54, 1.807) is 0 Å². The number of nitrogens with two attached hydrogens (primary N) is 1. The van der Waals surface area contributed by atoms with E-state index < -0.39 is 0 Å². The van der Waals surface area contributed by atoms with Crippen molar-refractivity contribution in [1.82, 2.24) is 9.80 Å². The van der Waals surface area contributed by atoms with Gasteiger partial charge in [-0.3, -0.25) is 9.59 Å². The Hall–Kier alpha value is -1.88. The van der Waals surface area contributed by atoms with Gasteiger partial charge in [0.25, 0.3) is 5.91 Å². The number of amides is 2. The zero-order chi connectivity index (χ0) is 19.7. The maximum absolute atomic E-state index is 13.2. The third-order valence-electron chi connectivity index (χ3n) is 7.43. The van der Waals surface area contributed by atoms with Gasteiger partial charge in [0.2, 0.25) is 5.91 Å². The number of likely N-dealkylation sites (tertiary alicyclic amines) is 1. The average Bonchev–Trinajstić information content (AvgIpc) is 2.73. The standard InChI is InChI=1S/C23H33N3O2/c1-25(22(27)19-14-17-8-5-9-18(15-19)21(17)24)20-10-12-26(13-11-20)23(28)16-6-3-2-4-7-16/h2-4,6-7,17-21H,5,8-15,24H2,1H3. The molecule has 4 rings (SSSR count). The van der Waals surface area contributed by atoms with Crippen LogP contribution in [0.1, 0.15) is 55.3 Å². The first-order valence-electron chi connectivity index (χ1n) is 10.9. The SMILES string of the molecule is CN(C(=O)C1CC2CCCC(C1)C2N)C1CCN(C(=O)c2ccccc2)CC1. The second kappa shape index (κ2) is 8.24. The summed E-state index contributed by atoms with van der Waals surface area (Å²) in [7, 11) is 1.96. The molecule has 5 heteroatoms. The summed E-state index contributed by atoms with van der Waals surface area (Å²) in [6.45, 7) is 1.44. The molecule has 1 aromatic rings. The summed E-state index contributed by atoms with van der Waals surface area (Å²) in [4.78, 5) is 29.7. The van der Waals surface area contributed by atoms with Crippen LogP contribution >= 0.6 is 0 Å². The van der Waals surface area contributed by atoms with Crippen LogP contribution in [-0.4, -0.2) is 53.8 Å². The van der Waals surface area contributed by atoms with Crippen molar-refractivity contribution in [1.29, 1.82) is 0 Å². The van der Waals surface area contributed by atoms with Crippen molar-refractivity contribution < 1.29 is 9.59 Å². The zero-order valence-corrected chi connectivity index (χ0v) is 16.9. The van der Waals surface area contributed by atoms with Crippen LogP contribution in [0.2, 0.25) is 0 Å². The second-order valence-electron chi connectivity index (χ2n) is 9.04. The van der Waals surface area contributed by atoms with E-state index in [-0.39, 0.29) is 17.9 Å². The maximum atomic E-state index is 13.2. The Kier molecular flexibility index (Phi) is 5.72. The largest absolute Gasteiger partial charge is 0.342 e. The summed E-state index contributed by atoms with van der Waals surface area (Å²) in [6, 6.07) is 10.0. The van der Waals surface area contributed by atoms with Gasteiger partial charge in [0.05, 0.1) is 0 Å². The Labute approximate surface area is 168 Å². The van der Waals surface area contributed by atoms with Crippen LogP contribution in [0.25, 0.3) is 0 Å². The van der Waals surface area contributed by atoms with Crippen LogP contribution in [0.4, 0.5) is 0 Å². The fourth-order valence-corrected chi connectivity index (χ4v) is 5.68. The van der Waals surface area contributed by atoms with Gasteiger partial charge in [-0.15, -0.1) is 0 Å². The lowest BCUT2D eigenvalue weighted by molar-refractivity contribution is -0.140. The molecule has 1 saturated heterocycles. The molecule has 3 fully saturated rings. The quantitative estimate of drug-likeness (QED) is 0.873. The van der Waals surface area contributed by atoms with Crippen molar-refractivity contribution in [3.8, 4) is 0 Å². The number of benzene rings is 1. The number of fused-ring (bicyclic) bond motifs is 2. The van der Waals surface area contributed by atoms with E-state index in [1.165, 1.54) is 19.3 Å². The molecule has 0 radical (unpaired) electrons. The lowest BCUT2D eigenvalue weighted by Gasteiger charge is -2.45. The van der Waals surface area contributed by atoms with Gasteiger partial charge < -0.3 is 15.5 Å². The Balaban J connectivity index is 1.32. The number of hydrogen-bond donors (Lipinski definition) is 1. The molecule has 2 amide bonds. The van der Waals surface area contributed by atoms with Crippen molar-refractivity contribution in [3.05, 3.63) is 35.9 Å².